The number of hydrogen-bond acceptors (Lipinski definition) is 5. The molecule has 2 aromatic rings. The summed E-state index contributed by atoms with van der Waals surface area (Å²) in [6.07, 6.45) is 3.90. The van der Waals surface area contributed by atoms with Gasteiger partial charge in [0.05, 0.1) is 11.8 Å². The highest BCUT2D eigenvalue weighted by atomic mass is 16.5. The average Bonchev–Trinajstić information content (AvgIpc) is 2.87. The molecule has 0 aliphatic rings. The maximum absolute atomic E-state index is 8.66. The van der Waals surface area contributed by atoms with Crippen LogP contribution in [0.1, 0.15) is 24.5 Å². The number of nitrogens with zero attached hydrogens (tertiary/aromatic N) is 2. The van der Waals surface area contributed by atoms with E-state index in [2.05, 4.69) is 10.1 Å². The molecule has 0 saturated carbocycles. The van der Waals surface area contributed by atoms with Crippen molar-refractivity contribution in [2.24, 2.45) is 0 Å². The van der Waals surface area contributed by atoms with Crippen LogP contribution in [0.2, 0.25) is 0 Å². The number of aromatic nitrogens is 2. The predicted octanol–water partition coefficient (Wildman–Crippen LogP) is 1.95. The molecule has 0 unspecified atom stereocenters. The number of unbranched alkanes of at least 4 members (excludes halogenated alkanes) is 1. The van der Waals surface area contributed by atoms with Crippen molar-refractivity contribution in [2.75, 3.05) is 6.61 Å². The third-order valence-electron chi connectivity index (χ3n) is 2.37. The first-order valence-electron chi connectivity index (χ1n) is 5.29. The molecule has 86 valence electrons. The van der Waals surface area contributed by atoms with Crippen molar-refractivity contribution in [2.45, 2.75) is 26.2 Å². The molecule has 0 fully saturated rings. The van der Waals surface area contributed by atoms with Gasteiger partial charge < -0.3 is 14.0 Å². The summed E-state index contributed by atoms with van der Waals surface area (Å²) in [6.45, 7) is 2.05. The SMILES string of the molecule is Cc1occc1-c1noc(CCCCO)n1. The van der Waals surface area contributed by atoms with Gasteiger partial charge in [-0.2, -0.15) is 4.98 Å². The van der Waals surface area contributed by atoms with Gasteiger partial charge in [-0.15, -0.1) is 0 Å². The molecule has 2 aromatic heterocycles. The number of furan rings is 1. The lowest BCUT2D eigenvalue weighted by molar-refractivity contribution is 0.281. The van der Waals surface area contributed by atoms with Gasteiger partial charge in [0.1, 0.15) is 5.76 Å². The van der Waals surface area contributed by atoms with E-state index in [9.17, 15) is 0 Å². The van der Waals surface area contributed by atoms with Crippen molar-refractivity contribution in [3.05, 3.63) is 24.0 Å². The maximum Gasteiger partial charge on any atom is 0.226 e. The van der Waals surface area contributed by atoms with Gasteiger partial charge in [0.2, 0.25) is 11.7 Å². The van der Waals surface area contributed by atoms with Gasteiger partial charge in [-0.25, -0.2) is 0 Å². The van der Waals surface area contributed by atoms with Gasteiger partial charge in [-0.3, -0.25) is 0 Å². The van der Waals surface area contributed by atoms with E-state index < -0.39 is 0 Å². The van der Waals surface area contributed by atoms with E-state index >= 15 is 0 Å². The molecule has 0 aliphatic carbocycles. The Balaban J connectivity index is 2.05. The zero-order chi connectivity index (χ0) is 11.4. The molecule has 0 aliphatic heterocycles. The zero-order valence-corrected chi connectivity index (χ0v) is 9.14. The lowest BCUT2D eigenvalue weighted by atomic mass is 10.2. The van der Waals surface area contributed by atoms with E-state index in [4.69, 9.17) is 14.0 Å². The van der Waals surface area contributed by atoms with E-state index in [-0.39, 0.29) is 6.61 Å². The summed E-state index contributed by atoms with van der Waals surface area (Å²) in [4.78, 5) is 4.27. The minimum atomic E-state index is 0.196. The highest BCUT2D eigenvalue weighted by Crippen LogP contribution is 2.21. The highest BCUT2D eigenvalue weighted by molar-refractivity contribution is 5.55. The summed E-state index contributed by atoms with van der Waals surface area (Å²) in [6, 6.07) is 1.82. The molecule has 1 N–H and O–H groups in total. The van der Waals surface area contributed by atoms with Gasteiger partial charge in [0, 0.05) is 13.0 Å². The molecule has 0 atom stereocenters. The molecular weight excluding hydrogens is 208 g/mol. The first-order chi connectivity index (χ1) is 7.81. The highest BCUT2D eigenvalue weighted by Gasteiger charge is 2.12. The summed E-state index contributed by atoms with van der Waals surface area (Å²) >= 11 is 0. The molecular formula is C11H14N2O3. The molecule has 2 rings (SSSR count). The summed E-state index contributed by atoms with van der Waals surface area (Å²) in [5, 5.41) is 12.5. The number of aryl methyl sites for hydroxylation is 2. The monoisotopic (exact) mass is 222 g/mol. The number of aliphatic hydroxyl groups is 1. The smallest absolute Gasteiger partial charge is 0.226 e. The largest absolute Gasteiger partial charge is 0.469 e. The molecule has 0 radical (unpaired) electrons. The molecule has 5 heteroatoms. The van der Waals surface area contributed by atoms with Crippen LogP contribution in [-0.4, -0.2) is 21.9 Å². The molecule has 2 heterocycles. The first-order valence-corrected chi connectivity index (χ1v) is 5.29. The second-order valence-electron chi connectivity index (χ2n) is 3.58. The van der Waals surface area contributed by atoms with Crippen LogP contribution >= 0.6 is 0 Å². The van der Waals surface area contributed by atoms with Gasteiger partial charge in [0.15, 0.2) is 0 Å². The van der Waals surface area contributed by atoms with E-state index in [0.717, 1.165) is 24.2 Å². The number of rotatable bonds is 5. The second-order valence-corrected chi connectivity index (χ2v) is 3.58. The van der Waals surface area contributed by atoms with Gasteiger partial charge in [0.25, 0.3) is 0 Å². The van der Waals surface area contributed by atoms with Crippen molar-refractivity contribution in [1.82, 2.24) is 10.1 Å². The van der Waals surface area contributed by atoms with E-state index in [1.165, 1.54) is 0 Å². The van der Waals surface area contributed by atoms with Crippen molar-refractivity contribution < 1.29 is 14.0 Å². The Morgan fingerprint density at radius 3 is 2.94 bits per heavy atom. The third kappa shape index (κ3) is 2.30. The Morgan fingerprint density at radius 2 is 2.25 bits per heavy atom. The predicted molar refractivity (Wildman–Crippen MR) is 56.8 cm³/mol. The minimum Gasteiger partial charge on any atom is -0.469 e. The maximum atomic E-state index is 8.66. The molecule has 16 heavy (non-hydrogen) atoms. The fraction of sp³-hybridized carbons (Fsp3) is 0.455. The van der Waals surface area contributed by atoms with Crippen molar-refractivity contribution in [3.63, 3.8) is 0 Å². The summed E-state index contributed by atoms with van der Waals surface area (Å²) in [7, 11) is 0. The Morgan fingerprint density at radius 1 is 1.38 bits per heavy atom. The Labute approximate surface area is 93.1 Å². The fourth-order valence-electron chi connectivity index (χ4n) is 1.47. The Hall–Kier alpha value is -1.62. The van der Waals surface area contributed by atoms with Crippen LogP contribution in [0.3, 0.4) is 0 Å². The van der Waals surface area contributed by atoms with E-state index in [1.807, 2.05) is 13.0 Å². The summed E-state index contributed by atoms with van der Waals surface area (Å²) < 4.78 is 10.3. The van der Waals surface area contributed by atoms with Crippen LogP contribution in [0, 0.1) is 6.92 Å². The standard InChI is InChI=1S/C11H14N2O3/c1-8-9(5-7-15-8)11-12-10(16-13-11)4-2-3-6-14/h5,7,14H,2-4,6H2,1H3. The van der Waals surface area contributed by atoms with Crippen LogP contribution in [0.25, 0.3) is 11.4 Å². The third-order valence-corrected chi connectivity index (χ3v) is 2.37. The fourth-order valence-corrected chi connectivity index (χ4v) is 1.47. The first kappa shape index (κ1) is 10.9. The van der Waals surface area contributed by atoms with Gasteiger partial charge in [-0.05, 0) is 25.8 Å². The van der Waals surface area contributed by atoms with Crippen molar-refractivity contribution >= 4 is 0 Å². The molecule has 0 spiro atoms. The molecule has 0 aromatic carbocycles. The van der Waals surface area contributed by atoms with Gasteiger partial charge in [-0.1, -0.05) is 5.16 Å². The van der Waals surface area contributed by atoms with Crippen molar-refractivity contribution in [1.29, 1.82) is 0 Å². The zero-order valence-electron chi connectivity index (χ0n) is 9.14. The average molecular weight is 222 g/mol. The number of hydrogen-bond donors (Lipinski definition) is 1. The molecule has 0 bridgehead atoms. The van der Waals surface area contributed by atoms with Crippen LogP contribution in [-0.2, 0) is 6.42 Å². The number of aliphatic hydroxyl groups excluding tert-OH is 1. The Kier molecular flexibility index (Phi) is 3.36. The molecule has 0 saturated heterocycles. The summed E-state index contributed by atoms with van der Waals surface area (Å²) in [5.41, 5.74) is 0.858. The van der Waals surface area contributed by atoms with Crippen LogP contribution in [0.5, 0.6) is 0 Å². The quantitative estimate of drug-likeness (QED) is 0.783. The van der Waals surface area contributed by atoms with E-state index in [1.54, 1.807) is 6.26 Å². The molecule has 0 amide bonds. The minimum absolute atomic E-state index is 0.196. The van der Waals surface area contributed by atoms with Crippen molar-refractivity contribution in [3.8, 4) is 11.4 Å². The van der Waals surface area contributed by atoms with Gasteiger partial charge >= 0.3 is 0 Å². The van der Waals surface area contributed by atoms with Crippen LogP contribution < -0.4 is 0 Å². The topological polar surface area (TPSA) is 72.3 Å². The summed E-state index contributed by atoms with van der Waals surface area (Å²) in [5.74, 6) is 1.94. The Bertz CT molecular complexity index is 448. The lowest BCUT2D eigenvalue weighted by Crippen LogP contribution is -1.89. The second kappa shape index (κ2) is 4.94. The van der Waals surface area contributed by atoms with Crippen LogP contribution in [0.15, 0.2) is 21.3 Å². The normalized spacial score (nSPS) is 10.9. The van der Waals surface area contributed by atoms with E-state index in [0.29, 0.717) is 18.1 Å². The lowest BCUT2D eigenvalue weighted by Gasteiger charge is -1.91. The molecule has 5 nitrogen and oxygen atoms in total. The van der Waals surface area contributed by atoms with Crippen LogP contribution in [0.4, 0.5) is 0 Å².